The van der Waals surface area contributed by atoms with E-state index in [1.807, 2.05) is 74.5 Å². The SMILES string of the molecule is Cc1cccc(C)c1Oc1ccc(NC(=O)[C@@H](Cc2ccccc2)N2C(=O)[C@@H]3[C@@H]4C=C[C@H]([C@H]5C[C@@H]45)[C@@H]3C2=O)cc1. The zero-order valence-corrected chi connectivity index (χ0v) is 22.6. The highest BCUT2D eigenvalue weighted by Crippen LogP contribution is 2.65. The minimum absolute atomic E-state index is 0.117. The van der Waals surface area contributed by atoms with Crippen molar-refractivity contribution < 1.29 is 19.1 Å². The number of nitrogens with zero attached hydrogens (tertiary/aromatic N) is 1. The van der Waals surface area contributed by atoms with E-state index in [0.717, 1.165) is 28.9 Å². The molecule has 0 radical (unpaired) electrons. The average Bonchev–Trinajstić information content (AvgIpc) is 3.74. The van der Waals surface area contributed by atoms with Gasteiger partial charge in [-0.25, -0.2) is 0 Å². The summed E-state index contributed by atoms with van der Waals surface area (Å²) in [6, 6.07) is 21.9. The van der Waals surface area contributed by atoms with Crippen molar-refractivity contribution in [3.8, 4) is 11.5 Å². The van der Waals surface area contributed by atoms with E-state index in [1.165, 1.54) is 4.90 Å². The molecule has 4 aliphatic carbocycles. The third kappa shape index (κ3) is 4.05. The van der Waals surface area contributed by atoms with Gasteiger partial charge in [0.1, 0.15) is 17.5 Å². The highest BCUT2D eigenvalue weighted by molar-refractivity contribution is 6.10. The second-order valence-corrected chi connectivity index (χ2v) is 11.7. The quantitative estimate of drug-likeness (QED) is 0.313. The summed E-state index contributed by atoms with van der Waals surface area (Å²) >= 11 is 0. The molecule has 1 heterocycles. The van der Waals surface area contributed by atoms with Gasteiger partial charge in [0.05, 0.1) is 11.8 Å². The number of anilines is 1. The first-order valence-corrected chi connectivity index (χ1v) is 14.1. The molecule has 3 aromatic rings. The summed E-state index contributed by atoms with van der Waals surface area (Å²) in [4.78, 5) is 42.8. The number of hydrogen-bond acceptors (Lipinski definition) is 4. The molecule has 40 heavy (non-hydrogen) atoms. The first kappa shape index (κ1) is 24.8. The molecular weight excluding hydrogens is 500 g/mol. The van der Waals surface area contributed by atoms with Crippen molar-refractivity contribution in [2.45, 2.75) is 32.7 Å². The lowest BCUT2D eigenvalue weighted by Crippen LogP contribution is -2.49. The van der Waals surface area contributed by atoms with Gasteiger partial charge < -0.3 is 10.1 Å². The number of imide groups is 1. The number of allylic oxidation sites excluding steroid dienone is 2. The number of rotatable bonds is 7. The fraction of sp³-hybridized carbons (Fsp3) is 0.324. The van der Waals surface area contributed by atoms with E-state index in [-0.39, 0.29) is 47.8 Å². The van der Waals surface area contributed by atoms with Crippen molar-refractivity contribution >= 4 is 23.4 Å². The molecule has 5 aliphatic rings. The van der Waals surface area contributed by atoms with Gasteiger partial charge >= 0.3 is 0 Å². The first-order valence-electron chi connectivity index (χ1n) is 14.1. The Bertz CT molecular complexity index is 1470. The number of carbonyl (C=O) groups is 3. The van der Waals surface area contributed by atoms with E-state index in [1.54, 1.807) is 12.1 Å². The number of carbonyl (C=O) groups excluding carboxylic acids is 3. The second kappa shape index (κ2) is 9.47. The zero-order valence-electron chi connectivity index (χ0n) is 22.6. The van der Waals surface area contributed by atoms with Gasteiger partial charge in [0.25, 0.3) is 0 Å². The Hall–Kier alpha value is -4.19. The Morgan fingerprint density at radius 2 is 1.45 bits per heavy atom. The summed E-state index contributed by atoms with van der Waals surface area (Å²) < 4.78 is 6.11. The van der Waals surface area contributed by atoms with Crippen LogP contribution in [0.25, 0.3) is 0 Å². The fourth-order valence-corrected chi connectivity index (χ4v) is 7.34. The molecule has 1 N–H and O–H groups in total. The molecule has 3 fully saturated rings. The Morgan fingerprint density at radius 1 is 0.850 bits per heavy atom. The van der Waals surface area contributed by atoms with Gasteiger partial charge in [-0.1, -0.05) is 60.7 Å². The Kier molecular flexibility index (Phi) is 5.88. The zero-order chi connectivity index (χ0) is 27.5. The van der Waals surface area contributed by atoms with Crippen molar-refractivity contribution in [1.82, 2.24) is 4.90 Å². The Morgan fingerprint density at radius 3 is 2.05 bits per heavy atom. The number of amides is 3. The van der Waals surface area contributed by atoms with Crippen molar-refractivity contribution in [1.29, 1.82) is 0 Å². The average molecular weight is 533 g/mol. The lowest BCUT2D eigenvalue weighted by atomic mass is 9.63. The minimum atomic E-state index is -0.922. The van der Waals surface area contributed by atoms with E-state index >= 15 is 0 Å². The van der Waals surface area contributed by atoms with Gasteiger partial charge in [0.2, 0.25) is 17.7 Å². The highest BCUT2D eigenvalue weighted by atomic mass is 16.5. The number of hydrogen-bond donors (Lipinski definition) is 1. The fourth-order valence-electron chi connectivity index (χ4n) is 7.34. The molecule has 0 unspecified atom stereocenters. The van der Waals surface area contributed by atoms with Gasteiger partial charge in [0.15, 0.2) is 0 Å². The van der Waals surface area contributed by atoms with Crippen molar-refractivity contribution in [3.63, 3.8) is 0 Å². The maximum atomic E-state index is 13.8. The number of aryl methyl sites for hydroxylation is 2. The van der Waals surface area contributed by atoms with E-state index < -0.39 is 6.04 Å². The lowest BCUT2D eigenvalue weighted by Gasteiger charge is -2.37. The van der Waals surface area contributed by atoms with Gasteiger partial charge in [0, 0.05) is 12.1 Å². The van der Waals surface area contributed by atoms with Crippen molar-refractivity contribution in [2.24, 2.45) is 35.5 Å². The van der Waals surface area contributed by atoms with Crippen LogP contribution < -0.4 is 10.1 Å². The van der Waals surface area contributed by atoms with Gasteiger partial charge in [-0.15, -0.1) is 0 Å². The molecule has 2 saturated carbocycles. The van der Waals surface area contributed by atoms with Crippen LogP contribution in [0.15, 0.2) is 84.9 Å². The molecule has 3 amide bonds. The van der Waals surface area contributed by atoms with E-state index in [2.05, 4.69) is 17.5 Å². The maximum absolute atomic E-state index is 13.8. The van der Waals surface area contributed by atoms with Gasteiger partial charge in [-0.3, -0.25) is 19.3 Å². The van der Waals surface area contributed by atoms with Crippen LogP contribution in [0.2, 0.25) is 0 Å². The Labute approximate surface area is 234 Å². The number of ether oxygens (including phenoxy) is 1. The largest absolute Gasteiger partial charge is 0.457 e. The number of benzene rings is 3. The summed E-state index contributed by atoms with van der Waals surface area (Å²) in [7, 11) is 0. The lowest BCUT2D eigenvalue weighted by molar-refractivity contribution is -0.146. The summed E-state index contributed by atoms with van der Waals surface area (Å²) in [6.45, 7) is 4.01. The van der Waals surface area contributed by atoms with Gasteiger partial charge in [-0.2, -0.15) is 0 Å². The topological polar surface area (TPSA) is 75.7 Å². The number of para-hydroxylation sites is 1. The molecule has 3 aromatic carbocycles. The minimum Gasteiger partial charge on any atom is -0.457 e. The molecule has 0 aromatic heterocycles. The summed E-state index contributed by atoms with van der Waals surface area (Å²) in [5.41, 5.74) is 3.57. The molecule has 0 spiro atoms. The van der Waals surface area contributed by atoms with E-state index in [9.17, 15) is 14.4 Å². The molecule has 2 bridgehead atoms. The standard InChI is InChI=1S/C34H32N2O4/c1-19-7-6-8-20(2)31(19)40-23-13-11-22(12-14-23)35-32(37)28(17-21-9-4-3-5-10-21)36-33(38)29-24-15-16-25(27-18-26(24)27)30(29)34(36)39/h3-16,24-30H,17-18H2,1-2H3,(H,35,37)/t24-,25-,26-,27+,28-,29+,30-/m1/s1. The molecule has 7 atom stereocenters. The van der Waals surface area contributed by atoms with Crippen LogP contribution in [0.5, 0.6) is 11.5 Å². The Balaban J connectivity index is 1.13. The number of likely N-dealkylation sites (tertiary alicyclic amines) is 1. The van der Waals surface area contributed by atoms with Crippen LogP contribution in [0.1, 0.15) is 23.1 Å². The van der Waals surface area contributed by atoms with Crippen LogP contribution >= 0.6 is 0 Å². The maximum Gasteiger partial charge on any atom is 0.248 e. The van der Waals surface area contributed by atoms with Crippen LogP contribution in [0.4, 0.5) is 5.69 Å². The van der Waals surface area contributed by atoms with Crippen LogP contribution in [-0.4, -0.2) is 28.7 Å². The number of nitrogens with one attached hydrogen (secondary N) is 1. The van der Waals surface area contributed by atoms with E-state index in [4.69, 9.17) is 4.74 Å². The summed E-state index contributed by atoms with van der Waals surface area (Å²) in [5.74, 6) is 1.33. The highest BCUT2D eigenvalue weighted by Gasteiger charge is 2.67. The monoisotopic (exact) mass is 532 g/mol. The van der Waals surface area contributed by atoms with E-state index in [0.29, 0.717) is 23.3 Å². The smallest absolute Gasteiger partial charge is 0.248 e. The summed E-state index contributed by atoms with van der Waals surface area (Å²) in [6.07, 6.45) is 5.69. The normalized spacial score (nSPS) is 28.2. The van der Waals surface area contributed by atoms with Gasteiger partial charge in [-0.05, 0) is 84.9 Å². The molecular formula is C34H32N2O4. The first-order chi connectivity index (χ1) is 19.4. The predicted octanol–water partition coefficient (Wildman–Crippen LogP) is 5.70. The molecule has 8 rings (SSSR count). The molecule has 1 aliphatic heterocycles. The second-order valence-electron chi connectivity index (χ2n) is 11.7. The van der Waals surface area contributed by atoms with Crippen molar-refractivity contribution in [2.75, 3.05) is 5.32 Å². The molecule has 1 saturated heterocycles. The van der Waals surface area contributed by atoms with Crippen LogP contribution in [0.3, 0.4) is 0 Å². The third-order valence-electron chi connectivity index (χ3n) is 9.33. The predicted molar refractivity (Wildman–Crippen MR) is 152 cm³/mol. The van der Waals surface area contributed by atoms with Crippen molar-refractivity contribution in [3.05, 3.63) is 102 Å². The van der Waals surface area contributed by atoms with Crippen LogP contribution in [0, 0.1) is 49.4 Å². The molecule has 202 valence electrons. The molecule has 6 heteroatoms. The van der Waals surface area contributed by atoms with Crippen LogP contribution in [-0.2, 0) is 20.8 Å². The molecule has 6 nitrogen and oxygen atoms in total. The third-order valence-corrected chi connectivity index (χ3v) is 9.33. The summed E-state index contributed by atoms with van der Waals surface area (Å²) in [5, 5.41) is 2.97.